The fraction of sp³-hybridized carbons (Fsp3) is 0.273. The number of fused-ring (bicyclic) bond motifs is 1. The monoisotopic (exact) mass is 255 g/mol. The van der Waals surface area contributed by atoms with Gasteiger partial charge in [0.05, 0.1) is 12.8 Å². The van der Waals surface area contributed by atoms with Gasteiger partial charge in [0.1, 0.15) is 13.1 Å². The van der Waals surface area contributed by atoms with Gasteiger partial charge in [0.2, 0.25) is 0 Å². The molecule has 0 radical (unpaired) electrons. The molecule has 0 amide bonds. The molecule has 1 heterocycles. The molecule has 0 fully saturated rings. The molecule has 0 aliphatic carbocycles. The van der Waals surface area contributed by atoms with Crippen molar-refractivity contribution in [2.24, 2.45) is 0 Å². The van der Waals surface area contributed by atoms with Crippen molar-refractivity contribution < 1.29 is 19.1 Å². The molecule has 0 aromatic heterocycles. The number of carbonyl (C=O) groups excluding carboxylic acids is 2. The van der Waals surface area contributed by atoms with Crippen LogP contribution in [0.5, 0.6) is 5.75 Å². The lowest BCUT2D eigenvalue weighted by atomic mass is 10.2. The zero-order valence-electron chi connectivity index (χ0n) is 9.10. The van der Waals surface area contributed by atoms with E-state index in [2.05, 4.69) is 4.74 Å². The molecule has 0 unspecified atom stereocenters. The Balaban J connectivity index is 2.32. The normalized spacial score (nSPS) is 14.0. The van der Waals surface area contributed by atoms with Crippen LogP contribution in [0, 0.1) is 0 Å². The molecule has 0 saturated heterocycles. The van der Waals surface area contributed by atoms with Crippen LogP contribution in [0.15, 0.2) is 18.2 Å². The smallest absolute Gasteiger partial charge is 0.331 e. The van der Waals surface area contributed by atoms with E-state index in [1.165, 1.54) is 7.11 Å². The first-order valence-electron chi connectivity index (χ1n) is 4.92. The van der Waals surface area contributed by atoms with Gasteiger partial charge in [-0.15, -0.1) is 0 Å². The van der Waals surface area contributed by atoms with Crippen molar-refractivity contribution in [3.8, 4) is 5.75 Å². The Kier molecular flexibility index (Phi) is 3.19. The van der Waals surface area contributed by atoms with Crippen LogP contribution >= 0.6 is 11.6 Å². The molecule has 1 aromatic carbocycles. The molecule has 90 valence electrons. The van der Waals surface area contributed by atoms with Crippen LogP contribution in [-0.4, -0.2) is 32.1 Å². The van der Waals surface area contributed by atoms with E-state index in [-0.39, 0.29) is 13.1 Å². The van der Waals surface area contributed by atoms with Crippen molar-refractivity contribution in [2.45, 2.75) is 0 Å². The number of ether oxygens (including phenoxy) is 2. The first kappa shape index (κ1) is 11.7. The van der Waals surface area contributed by atoms with E-state index >= 15 is 0 Å². The lowest BCUT2D eigenvalue weighted by molar-refractivity contribution is -0.139. The van der Waals surface area contributed by atoms with Crippen molar-refractivity contribution >= 4 is 29.2 Å². The minimum Gasteiger partial charge on any atom is -0.468 e. The van der Waals surface area contributed by atoms with Crippen molar-refractivity contribution in [3.63, 3.8) is 0 Å². The number of hydrogen-bond donors (Lipinski definition) is 0. The van der Waals surface area contributed by atoms with Gasteiger partial charge in [-0.25, -0.2) is 4.79 Å². The summed E-state index contributed by atoms with van der Waals surface area (Å²) in [4.78, 5) is 24.1. The highest BCUT2D eigenvalue weighted by Crippen LogP contribution is 2.34. The molecule has 5 nitrogen and oxygen atoms in total. The van der Waals surface area contributed by atoms with Gasteiger partial charge < -0.3 is 14.4 Å². The molecule has 6 heteroatoms. The second kappa shape index (κ2) is 4.63. The van der Waals surface area contributed by atoms with Gasteiger partial charge in [-0.3, -0.25) is 4.79 Å². The van der Waals surface area contributed by atoms with Gasteiger partial charge in [0, 0.05) is 5.02 Å². The minimum absolute atomic E-state index is 0.00242. The average Bonchev–Trinajstić information content (AvgIpc) is 2.29. The van der Waals surface area contributed by atoms with Gasteiger partial charge in [-0.2, -0.15) is 0 Å². The fourth-order valence-corrected chi connectivity index (χ4v) is 1.75. The van der Waals surface area contributed by atoms with Crippen LogP contribution < -0.4 is 9.64 Å². The second-order valence-electron chi connectivity index (χ2n) is 3.52. The zero-order chi connectivity index (χ0) is 12.4. The molecular weight excluding hydrogens is 246 g/mol. The van der Waals surface area contributed by atoms with Crippen molar-refractivity contribution in [2.75, 3.05) is 25.1 Å². The van der Waals surface area contributed by atoms with Crippen molar-refractivity contribution in [3.05, 3.63) is 23.2 Å². The second-order valence-corrected chi connectivity index (χ2v) is 3.95. The Labute approximate surface area is 103 Å². The summed E-state index contributed by atoms with van der Waals surface area (Å²) in [5.74, 6) is -0.441. The summed E-state index contributed by atoms with van der Waals surface area (Å²) in [7, 11) is 1.30. The number of carbonyl (C=O) groups is 2. The Morgan fingerprint density at radius 2 is 2.35 bits per heavy atom. The Morgan fingerprint density at radius 1 is 1.59 bits per heavy atom. The first-order chi connectivity index (χ1) is 8.10. The van der Waals surface area contributed by atoms with Gasteiger partial charge in [-0.05, 0) is 18.2 Å². The molecule has 0 N–H and O–H groups in total. The standard InChI is InChI=1S/C11H10ClNO4/c1-16-10(14)5-13-6-11(15)17-9-3-2-7(12)4-8(9)13/h2-4H,5-6H2,1H3. The van der Waals surface area contributed by atoms with Gasteiger partial charge in [0.15, 0.2) is 5.75 Å². The summed E-state index contributed by atoms with van der Waals surface area (Å²) in [6, 6.07) is 4.86. The number of rotatable bonds is 2. The molecule has 0 atom stereocenters. The van der Waals surface area contributed by atoms with E-state index in [1.54, 1.807) is 23.1 Å². The topological polar surface area (TPSA) is 55.8 Å². The number of nitrogens with zero attached hydrogens (tertiary/aromatic N) is 1. The number of hydrogen-bond acceptors (Lipinski definition) is 5. The van der Waals surface area contributed by atoms with E-state index < -0.39 is 11.9 Å². The molecule has 1 aliphatic rings. The van der Waals surface area contributed by atoms with Crippen LogP contribution in [-0.2, 0) is 14.3 Å². The summed E-state index contributed by atoms with van der Waals surface area (Å²) >= 11 is 5.87. The maximum atomic E-state index is 11.3. The summed E-state index contributed by atoms with van der Waals surface area (Å²) in [6.07, 6.45) is 0. The number of benzene rings is 1. The number of halogens is 1. The number of anilines is 1. The summed E-state index contributed by atoms with van der Waals surface area (Å²) in [5, 5.41) is 0.511. The Morgan fingerprint density at radius 3 is 3.06 bits per heavy atom. The molecule has 0 bridgehead atoms. The highest BCUT2D eigenvalue weighted by molar-refractivity contribution is 6.31. The largest absolute Gasteiger partial charge is 0.468 e. The summed E-state index contributed by atoms with van der Waals surface area (Å²) in [5.41, 5.74) is 0.613. The van der Waals surface area contributed by atoms with Gasteiger partial charge >= 0.3 is 11.9 Å². The maximum absolute atomic E-state index is 11.3. The van der Waals surface area contributed by atoms with E-state index in [9.17, 15) is 9.59 Å². The minimum atomic E-state index is -0.425. The molecule has 0 saturated carbocycles. The van der Waals surface area contributed by atoms with Crippen molar-refractivity contribution in [1.82, 2.24) is 0 Å². The quantitative estimate of drug-likeness (QED) is 0.588. The maximum Gasteiger partial charge on any atom is 0.331 e. The third-order valence-corrected chi connectivity index (χ3v) is 2.59. The lowest BCUT2D eigenvalue weighted by Crippen LogP contribution is -2.40. The highest BCUT2D eigenvalue weighted by atomic mass is 35.5. The van der Waals surface area contributed by atoms with E-state index in [4.69, 9.17) is 16.3 Å². The Bertz CT molecular complexity index is 475. The van der Waals surface area contributed by atoms with Crippen LogP contribution in [0.1, 0.15) is 0 Å². The van der Waals surface area contributed by atoms with Crippen molar-refractivity contribution in [1.29, 1.82) is 0 Å². The lowest BCUT2D eigenvalue weighted by Gasteiger charge is -2.28. The molecule has 2 rings (SSSR count). The van der Waals surface area contributed by atoms with Crippen LogP contribution in [0.3, 0.4) is 0 Å². The molecule has 17 heavy (non-hydrogen) atoms. The SMILES string of the molecule is COC(=O)CN1CC(=O)Oc2ccc(Cl)cc21. The van der Waals surface area contributed by atoms with E-state index in [0.29, 0.717) is 16.5 Å². The molecule has 1 aromatic rings. The predicted octanol–water partition coefficient (Wildman–Crippen LogP) is 1.24. The fourth-order valence-electron chi connectivity index (χ4n) is 1.58. The number of esters is 2. The number of methoxy groups -OCH3 is 1. The highest BCUT2D eigenvalue weighted by Gasteiger charge is 2.26. The summed E-state index contributed by atoms with van der Waals surface area (Å²) in [6.45, 7) is -0.0125. The van der Waals surface area contributed by atoms with Crippen LogP contribution in [0.4, 0.5) is 5.69 Å². The predicted molar refractivity (Wildman–Crippen MR) is 61.3 cm³/mol. The van der Waals surface area contributed by atoms with Crippen LogP contribution in [0.2, 0.25) is 5.02 Å². The van der Waals surface area contributed by atoms with E-state index in [0.717, 1.165) is 0 Å². The van der Waals surface area contributed by atoms with E-state index in [1.807, 2.05) is 0 Å². The summed E-state index contributed by atoms with van der Waals surface area (Å²) < 4.78 is 9.61. The third kappa shape index (κ3) is 2.50. The molecule has 0 spiro atoms. The zero-order valence-corrected chi connectivity index (χ0v) is 9.86. The first-order valence-corrected chi connectivity index (χ1v) is 5.30. The molecule has 1 aliphatic heterocycles. The molecular formula is C11H10ClNO4. The van der Waals surface area contributed by atoms with Gasteiger partial charge in [-0.1, -0.05) is 11.6 Å². The Hall–Kier alpha value is -1.75. The third-order valence-electron chi connectivity index (χ3n) is 2.35. The average molecular weight is 256 g/mol. The van der Waals surface area contributed by atoms with Crippen LogP contribution in [0.25, 0.3) is 0 Å². The van der Waals surface area contributed by atoms with Gasteiger partial charge in [0.25, 0.3) is 0 Å².